The van der Waals surface area contributed by atoms with Gasteiger partial charge in [-0.05, 0) is 43.2 Å². The van der Waals surface area contributed by atoms with Gasteiger partial charge in [-0.1, -0.05) is 30.4 Å². The Balaban J connectivity index is 1.32. The molecule has 10 heteroatoms. The molecule has 2 amide bonds. The molecule has 0 saturated carbocycles. The third kappa shape index (κ3) is 6.32. The first-order valence-electron chi connectivity index (χ1n) is 11.2. The number of benzene rings is 2. The van der Waals surface area contributed by atoms with Crippen molar-refractivity contribution in [2.45, 2.75) is 17.7 Å². The summed E-state index contributed by atoms with van der Waals surface area (Å²) in [4.78, 5) is 42.0. The van der Waals surface area contributed by atoms with E-state index in [0.29, 0.717) is 29.4 Å². The number of nitrogens with one attached hydrogen (secondary N) is 2. The number of carboxylic acid groups (broad SMARTS) is 1. The fourth-order valence-electron chi connectivity index (χ4n) is 3.89. The van der Waals surface area contributed by atoms with Crippen molar-refractivity contribution in [3.63, 3.8) is 0 Å². The largest absolute Gasteiger partial charge is 0.496 e. The molecule has 0 aliphatic heterocycles. The molecule has 8 nitrogen and oxygen atoms in total. The summed E-state index contributed by atoms with van der Waals surface area (Å²) in [5.74, 6) is -1.96. The summed E-state index contributed by atoms with van der Waals surface area (Å²) in [7, 11) is 1.60. The smallest absolute Gasteiger partial charge is 0.307 e. The van der Waals surface area contributed by atoms with Gasteiger partial charge < -0.3 is 20.5 Å². The predicted molar refractivity (Wildman–Crippen MR) is 142 cm³/mol. The number of carboxylic acids is 1. The van der Waals surface area contributed by atoms with Crippen LogP contribution in [0.1, 0.15) is 12.8 Å². The Morgan fingerprint density at radius 3 is 2.64 bits per heavy atom. The van der Waals surface area contributed by atoms with Crippen molar-refractivity contribution in [1.82, 2.24) is 4.98 Å². The van der Waals surface area contributed by atoms with Crippen LogP contribution in [-0.4, -0.2) is 40.7 Å². The second-order valence-electron chi connectivity index (χ2n) is 8.09. The number of thioether (sulfide) groups is 1. The lowest BCUT2D eigenvalue weighted by Gasteiger charge is -2.24. The number of ether oxygens (including phenoxy) is 1. The van der Waals surface area contributed by atoms with Crippen LogP contribution in [0, 0.1) is 11.8 Å². The maximum atomic E-state index is 12.7. The van der Waals surface area contributed by atoms with Crippen LogP contribution in [0.2, 0.25) is 0 Å². The fraction of sp³-hybridized carbons (Fsp3) is 0.231. The number of anilines is 2. The molecular weight excluding hydrogens is 498 g/mol. The highest BCUT2D eigenvalue weighted by molar-refractivity contribution is 8.00. The van der Waals surface area contributed by atoms with Crippen molar-refractivity contribution in [2.24, 2.45) is 11.8 Å². The van der Waals surface area contributed by atoms with E-state index in [1.807, 2.05) is 41.8 Å². The van der Waals surface area contributed by atoms with E-state index in [1.54, 1.807) is 31.4 Å². The average Bonchev–Trinajstić information content (AvgIpc) is 3.35. The molecule has 2 aromatic carbocycles. The van der Waals surface area contributed by atoms with Crippen molar-refractivity contribution in [1.29, 1.82) is 0 Å². The Kier molecular flexibility index (Phi) is 8.40. The number of rotatable bonds is 9. The van der Waals surface area contributed by atoms with Gasteiger partial charge >= 0.3 is 5.97 Å². The first-order chi connectivity index (χ1) is 17.4. The number of carbonyl (C=O) groups is 3. The summed E-state index contributed by atoms with van der Waals surface area (Å²) in [5.41, 5.74) is 2.14. The molecule has 36 heavy (non-hydrogen) atoms. The zero-order valence-electron chi connectivity index (χ0n) is 19.5. The van der Waals surface area contributed by atoms with Crippen LogP contribution in [0.25, 0.3) is 11.3 Å². The molecule has 0 saturated heterocycles. The Morgan fingerprint density at radius 2 is 1.86 bits per heavy atom. The Labute approximate surface area is 216 Å². The van der Waals surface area contributed by atoms with Crippen LogP contribution < -0.4 is 15.4 Å². The van der Waals surface area contributed by atoms with E-state index in [2.05, 4.69) is 15.6 Å². The third-order valence-electron chi connectivity index (χ3n) is 5.69. The predicted octanol–water partition coefficient (Wildman–Crippen LogP) is 5.16. The molecule has 0 fully saturated rings. The Morgan fingerprint density at radius 1 is 1.08 bits per heavy atom. The molecule has 0 spiro atoms. The Hall–Kier alpha value is -3.63. The van der Waals surface area contributed by atoms with Crippen molar-refractivity contribution in [3.05, 3.63) is 66.1 Å². The number of methoxy groups -OCH3 is 1. The molecule has 2 atom stereocenters. The number of aromatic nitrogens is 1. The number of hydrogen-bond acceptors (Lipinski definition) is 7. The molecule has 4 rings (SSSR count). The van der Waals surface area contributed by atoms with Crippen molar-refractivity contribution in [2.75, 3.05) is 23.5 Å². The average molecular weight is 524 g/mol. The number of thiazole rings is 1. The molecule has 3 N–H and O–H groups in total. The molecule has 1 aromatic heterocycles. The summed E-state index contributed by atoms with van der Waals surface area (Å²) in [6, 6.07) is 14.7. The van der Waals surface area contributed by atoms with Gasteiger partial charge in [-0.2, -0.15) is 0 Å². The van der Waals surface area contributed by atoms with E-state index in [4.69, 9.17) is 4.74 Å². The quantitative estimate of drug-likeness (QED) is 0.262. The summed E-state index contributed by atoms with van der Waals surface area (Å²) >= 11 is 2.66. The summed E-state index contributed by atoms with van der Waals surface area (Å²) < 4.78 is 5.38. The summed E-state index contributed by atoms with van der Waals surface area (Å²) in [6.07, 6.45) is 4.39. The number of amides is 2. The van der Waals surface area contributed by atoms with Crippen LogP contribution in [-0.2, 0) is 14.4 Å². The van der Waals surface area contributed by atoms with Gasteiger partial charge in [0.2, 0.25) is 11.8 Å². The van der Waals surface area contributed by atoms with Crippen molar-refractivity contribution < 1.29 is 24.2 Å². The van der Waals surface area contributed by atoms with Gasteiger partial charge in [0, 0.05) is 21.5 Å². The number of hydrogen-bond donors (Lipinski definition) is 3. The number of aliphatic carboxylic acids is 1. The summed E-state index contributed by atoms with van der Waals surface area (Å²) in [6.45, 7) is 0. The van der Waals surface area contributed by atoms with E-state index in [1.165, 1.54) is 23.1 Å². The zero-order chi connectivity index (χ0) is 25.5. The molecule has 2 unspecified atom stereocenters. The first kappa shape index (κ1) is 25.5. The van der Waals surface area contributed by atoms with Crippen LogP contribution in [0.4, 0.5) is 10.8 Å². The highest BCUT2D eigenvalue weighted by Crippen LogP contribution is 2.32. The van der Waals surface area contributed by atoms with Gasteiger partial charge in [-0.25, -0.2) is 4.98 Å². The SMILES string of the molecule is COc1ccccc1-c1csc(NC(=O)CSc2cccc(NC(=O)C3CC=CCC3C(=O)O)c2)n1. The van der Waals surface area contributed by atoms with Crippen LogP contribution in [0.15, 0.2) is 71.0 Å². The molecule has 186 valence electrons. The lowest BCUT2D eigenvalue weighted by Crippen LogP contribution is -2.34. The van der Waals surface area contributed by atoms with Gasteiger partial charge in [0.25, 0.3) is 0 Å². The maximum Gasteiger partial charge on any atom is 0.307 e. The van der Waals surface area contributed by atoms with Gasteiger partial charge in [0.15, 0.2) is 5.13 Å². The van der Waals surface area contributed by atoms with Crippen molar-refractivity contribution in [3.8, 4) is 17.0 Å². The number of para-hydroxylation sites is 1. The van der Waals surface area contributed by atoms with E-state index in [9.17, 15) is 19.5 Å². The molecule has 1 aliphatic rings. The summed E-state index contributed by atoms with van der Waals surface area (Å²) in [5, 5.41) is 17.4. The third-order valence-corrected chi connectivity index (χ3v) is 7.44. The van der Waals surface area contributed by atoms with Gasteiger partial charge in [0.05, 0.1) is 30.4 Å². The molecule has 1 heterocycles. The highest BCUT2D eigenvalue weighted by atomic mass is 32.2. The van der Waals surface area contributed by atoms with Crippen LogP contribution in [0.3, 0.4) is 0 Å². The van der Waals surface area contributed by atoms with Gasteiger partial charge in [-0.3, -0.25) is 14.4 Å². The molecule has 0 bridgehead atoms. The van der Waals surface area contributed by atoms with E-state index >= 15 is 0 Å². The topological polar surface area (TPSA) is 118 Å². The van der Waals surface area contributed by atoms with Gasteiger partial charge in [0.1, 0.15) is 5.75 Å². The Bertz CT molecular complexity index is 1290. The van der Waals surface area contributed by atoms with E-state index in [-0.39, 0.29) is 17.6 Å². The zero-order valence-corrected chi connectivity index (χ0v) is 21.1. The fourth-order valence-corrected chi connectivity index (χ4v) is 5.37. The minimum Gasteiger partial charge on any atom is -0.496 e. The lowest BCUT2D eigenvalue weighted by atomic mass is 9.82. The second-order valence-corrected chi connectivity index (χ2v) is 9.99. The number of nitrogens with zero attached hydrogens (tertiary/aromatic N) is 1. The van der Waals surface area contributed by atoms with Crippen LogP contribution in [0.5, 0.6) is 5.75 Å². The standard InChI is InChI=1S/C26H25N3O5S2/c1-34-22-12-5-4-11-20(22)21-14-36-26(28-21)29-23(30)15-35-17-8-6-7-16(13-17)27-24(31)18-9-2-3-10-19(18)25(32)33/h2-8,11-14,18-19H,9-10,15H2,1H3,(H,27,31)(H,32,33)(H,28,29,30). The molecule has 3 aromatic rings. The molecular formula is C26H25N3O5S2. The molecule has 1 aliphatic carbocycles. The van der Waals surface area contributed by atoms with E-state index in [0.717, 1.165) is 16.2 Å². The highest BCUT2D eigenvalue weighted by Gasteiger charge is 2.33. The number of carbonyl (C=O) groups excluding carboxylic acids is 2. The number of allylic oxidation sites excluding steroid dienone is 2. The lowest BCUT2D eigenvalue weighted by molar-refractivity contribution is -0.146. The maximum absolute atomic E-state index is 12.7. The van der Waals surface area contributed by atoms with Gasteiger partial charge in [-0.15, -0.1) is 23.1 Å². The molecule has 0 radical (unpaired) electrons. The second kappa shape index (κ2) is 11.9. The minimum absolute atomic E-state index is 0.162. The van der Waals surface area contributed by atoms with E-state index < -0.39 is 17.8 Å². The normalized spacial score (nSPS) is 16.8. The van der Waals surface area contributed by atoms with Crippen molar-refractivity contribution >= 4 is 51.7 Å². The monoisotopic (exact) mass is 523 g/mol. The first-order valence-corrected chi connectivity index (χ1v) is 13.1. The minimum atomic E-state index is -0.968. The van der Waals surface area contributed by atoms with Crippen LogP contribution >= 0.6 is 23.1 Å².